The number of aromatic nitrogens is 4. The molecule has 2 aromatic carbocycles. The topological polar surface area (TPSA) is 124 Å². The van der Waals surface area contributed by atoms with E-state index in [1.54, 1.807) is 30.4 Å². The minimum atomic E-state index is -0.537. The van der Waals surface area contributed by atoms with E-state index < -0.39 is 17.9 Å². The van der Waals surface area contributed by atoms with Gasteiger partial charge in [0.1, 0.15) is 6.61 Å². The molecule has 3 aromatic heterocycles. The highest BCUT2D eigenvalue weighted by Crippen LogP contribution is 2.29. The van der Waals surface area contributed by atoms with Crippen LogP contribution in [-0.2, 0) is 22.4 Å². The van der Waals surface area contributed by atoms with Gasteiger partial charge in [0, 0.05) is 24.0 Å². The number of nitrogens with one attached hydrogen (secondary N) is 2. The minimum Gasteiger partial charge on any atom is -0.488 e. The first-order chi connectivity index (χ1) is 23.2. The Hall–Kier alpha value is -4.68. The van der Waals surface area contributed by atoms with Crippen molar-refractivity contribution in [3.63, 3.8) is 0 Å². The highest BCUT2D eigenvalue weighted by atomic mass is 32.1. The molecule has 3 heterocycles. The summed E-state index contributed by atoms with van der Waals surface area (Å²) in [4.78, 5) is 24.5. The summed E-state index contributed by atoms with van der Waals surface area (Å²) in [6.45, 7) is 4.84. The van der Waals surface area contributed by atoms with Crippen LogP contribution in [0.2, 0.25) is 0 Å². The van der Waals surface area contributed by atoms with Gasteiger partial charge in [0.15, 0.2) is 33.3 Å². The molecule has 0 aliphatic rings. The minimum absolute atomic E-state index is 0.0499. The first-order valence-electron chi connectivity index (χ1n) is 15.2. The summed E-state index contributed by atoms with van der Waals surface area (Å²) in [7, 11) is 5.37. The van der Waals surface area contributed by atoms with Crippen molar-refractivity contribution in [1.29, 1.82) is 0 Å². The molecule has 1 atom stereocenters. The molecule has 0 aliphatic heterocycles. The Bertz CT molecular complexity index is 1900. The molecular weight excluding hydrogens is 654 g/mol. The summed E-state index contributed by atoms with van der Waals surface area (Å²) in [5.41, 5.74) is 3.27. The van der Waals surface area contributed by atoms with Crippen molar-refractivity contribution < 1.29 is 23.4 Å². The molecule has 48 heavy (non-hydrogen) atoms. The quantitative estimate of drug-likeness (QED) is 0.104. The molecule has 5 rings (SSSR count). The smallest absolute Gasteiger partial charge is 0.358 e. The van der Waals surface area contributed by atoms with Crippen LogP contribution in [0.3, 0.4) is 0 Å². The monoisotopic (exact) mass is 689 g/mol. The summed E-state index contributed by atoms with van der Waals surface area (Å²) in [6, 6.07) is 14.5. The molecule has 0 spiro atoms. The Morgan fingerprint density at radius 1 is 1.08 bits per heavy atom. The number of esters is 1. The van der Waals surface area contributed by atoms with Gasteiger partial charge in [-0.25, -0.2) is 19.2 Å². The van der Waals surface area contributed by atoms with Crippen LogP contribution in [0.5, 0.6) is 5.75 Å². The lowest BCUT2D eigenvalue weighted by Crippen LogP contribution is -2.24. The zero-order valence-electron chi connectivity index (χ0n) is 27.3. The number of thiazole rings is 2. The maximum Gasteiger partial charge on any atom is 0.358 e. The van der Waals surface area contributed by atoms with Gasteiger partial charge in [0.05, 0.1) is 41.7 Å². The lowest BCUT2D eigenvalue weighted by molar-refractivity contribution is 0.0503. The Morgan fingerprint density at radius 3 is 2.65 bits per heavy atom. The normalized spacial score (nSPS) is 11.6. The zero-order valence-corrected chi connectivity index (χ0v) is 28.9. The van der Waals surface area contributed by atoms with Gasteiger partial charge in [0.2, 0.25) is 0 Å². The second-order valence-corrected chi connectivity index (χ2v) is 13.0. The Balaban J connectivity index is 1.22. The van der Waals surface area contributed by atoms with Gasteiger partial charge in [-0.15, -0.1) is 16.4 Å². The SMILES string of the molecule is CCOC(=O)c1nc(NCc2cc(C)c(Nc3nc4ccccc4s3)nn2)sc1CC(COc1ccc(C#CCN(C)C)cc1F)OC. The molecule has 0 radical (unpaired) electrons. The number of nitrogens with zero attached hydrogens (tertiary/aromatic N) is 5. The number of ether oxygens (including phenoxy) is 3. The maximum absolute atomic E-state index is 14.7. The summed E-state index contributed by atoms with van der Waals surface area (Å²) >= 11 is 2.85. The number of para-hydroxylation sites is 1. The predicted molar refractivity (Wildman–Crippen MR) is 187 cm³/mol. The van der Waals surface area contributed by atoms with Crippen molar-refractivity contribution in [2.45, 2.75) is 32.9 Å². The fraction of sp³-hybridized carbons (Fsp3) is 0.324. The van der Waals surface area contributed by atoms with Gasteiger partial charge < -0.3 is 24.8 Å². The fourth-order valence-corrected chi connectivity index (χ4v) is 6.34. The van der Waals surface area contributed by atoms with Crippen LogP contribution < -0.4 is 15.4 Å². The van der Waals surface area contributed by atoms with E-state index >= 15 is 0 Å². The van der Waals surface area contributed by atoms with Gasteiger partial charge in [0.25, 0.3) is 0 Å². The molecule has 0 aliphatic carbocycles. The molecule has 0 saturated carbocycles. The van der Waals surface area contributed by atoms with Gasteiger partial charge in [-0.05, 0) is 69.9 Å². The molecule has 250 valence electrons. The van der Waals surface area contributed by atoms with E-state index in [0.29, 0.717) is 46.6 Å². The highest BCUT2D eigenvalue weighted by Gasteiger charge is 2.23. The first-order valence-corrected chi connectivity index (χ1v) is 16.8. The number of rotatable bonds is 14. The highest BCUT2D eigenvalue weighted by molar-refractivity contribution is 7.22. The number of hydrogen-bond acceptors (Lipinski definition) is 13. The molecule has 5 aromatic rings. The van der Waals surface area contributed by atoms with Crippen LogP contribution in [0, 0.1) is 24.6 Å². The summed E-state index contributed by atoms with van der Waals surface area (Å²) < 4.78 is 32.5. The van der Waals surface area contributed by atoms with Crippen molar-refractivity contribution >= 4 is 54.9 Å². The van der Waals surface area contributed by atoms with E-state index in [2.05, 4.69) is 42.6 Å². The van der Waals surface area contributed by atoms with Crippen molar-refractivity contribution in [3.8, 4) is 17.6 Å². The van der Waals surface area contributed by atoms with E-state index in [4.69, 9.17) is 14.2 Å². The molecule has 0 saturated heterocycles. The van der Waals surface area contributed by atoms with E-state index in [0.717, 1.165) is 20.9 Å². The van der Waals surface area contributed by atoms with Crippen LogP contribution in [0.15, 0.2) is 48.5 Å². The average Bonchev–Trinajstić information content (AvgIpc) is 3.67. The molecule has 0 amide bonds. The summed E-state index contributed by atoms with van der Waals surface area (Å²) in [6.07, 6.45) is -0.195. The second kappa shape index (κ2) is 16.4. The van der Waals surface area contributed by atoms with E-state index in [9.17, 15) is 9.18 Å². The van der Waals surface area contributed by atoms with Crippen LogP contribution >= 0.6 is 22.7 Å². The molecule has 14 heteroatoms. The third-order valence-corrected chi connectivity index (χ3v) is 8.86. The number of carbonyl (C=O) groups excluding carboxylic acids is 1. The number of methoxy groups -OCH3 is 1. The van der Waals surface area contributed by atoms with Crippen molar-refractivity contribution in [2.75, 3.05) is 51.6 Å². The van der Waals surface area contributed by atoms with Crippen LogP contribution in [0.1, 0.15) is 39.1 Å². The number of carbonyl (C=O) groups is 1. The van der Waals surface area contributed by atoms with E-state index in [1.165, 1.54) is 24.5 Å². The Labute approximate surface area is 286 Å². The summed E-state index contributed by atoms with van der Waals surface area (Å²) in [5, 5.41) is 16.5. The number of aryl methyl sites for hydroxylation is 1. The van der Waals surface area contributed by atoms with Gasteiger partial charge in [-0.2, -0.15) is 5.10 Å². The maximum atomic E-state index is 14.7. The fourth-order valence-electron chi connectivity index (χ4n) is 4.46. The second-order valence-electron chi connectivity index (χ2n) is 10.9. The standard InChI is InChI=1S/C34H36FN7O4S2/c1-6-45-32(43)30-29(18-24(44-5)20-46-27-14-13-22(17-25(27)35)10-9-15-42(3)4)48-33(38-30)36-19-23-16-21(2)31(41-40-23)39-34-37-26-11-7-8-12-28(26)47-34/h7-8,11-14,16-17,24H,6,15,18-20H2,1-5H3,(H,36,38)(H,37,39,41). The van der Waals surface area contributed by atoms with Crippen LogP contribution in [-0.4, -0.2) is 78.1 Å². The van der Waals surface area contributed by atoms with Crippen molar-refractivity contribution in [2.24, 2.45) is 0 Å². The lowest BCUT2D eigenvalue weighted by Gasteiger charge is -2.16. The van der Waals surface area contributed by atoms with Crippen molar-refractivity contribution in [3.05, 3.63) is 81.7 Å². The molecule has 0 fully saturated rings. The average molecular weight is 690 g/mol. The zero-order chi connectivity index (χ0) is 34.0. The third kappa shape index (κ3) is 9.23. The van der Waals surface area contributed by atoms with Crippen LogP contribution in [0.25, 0.3) is 10.2 Å². The number of benzene rings is 2. The number of anilines is 3. The van der Waals surface area contributed by atoms with Gasteiger partial charge in [-0.3, -0.25) is 4.90 Å². The summed E-state index contributed by atoms with van der Waals surface area (Å²) in [5.74, 6) is 5.58. The third-order valence-electron chi connectivity index (χ3n) is 6.87. The van der Waals surface area contributed by atoms with E-state index in [-0.39, 0.29) is 24.7 Å². The number of hydrogen-bond donors (Lipinski definition) is 2. The Kier molecular flexibility index (Phi) is 11.9. The molecule has 0 bridgehead atoms. The van der Waals surface area contributed by atoms with Crippen molar-refractivity contribution in [1.82, 2.24) is 25.1 Å². The molecular formula is C34H36FN7O4S2. The lowest BCUT2D eigenvalue weighted by atomic mass is 10.2. The number of fused-ring (bicyclic) bond motifs is 1. The predicted octanol–water partition coefficient (Wildman–Crippen LogP) is 6.07. The molecule has 1 unspecified atom stereocenters. The molecule has 2 N–H and O–H groups in total. The van der Waals surface area contributed by atoms with Gasteiger partial charge in [-0.1, -0.05) is 35.3 Å². The molecule has 11 nitrogen and oxygen atoms in total. The van der Waals surface area contributed by atoms with E-state index in [1.807, 2.05) is 56.3 Å². The largest absolute Gasteiger partial charge is 0.488 e. The van der Waals surface area contributed by atoms with Crippen LogP contribution in [0.4, 0.5) is 20.5 Å². The Morgan fingerprint density at radius 2 is 1.92 bits per heavy atom. The first kappa shape index (κ1) is 34.6. The van der Waals surface area contributed by atoms with Gasteiger partial charge >= 0.3 is 5.97 Å². The number of halogens is 1.